The second-order valence-corrected chi connectivity index (χ2v) is 7.35. The summed E-state index contributed by atoms with van der Waals surface area (Å²) in [6, 6.07) is 6.31. The topological polar surface area (TPSA) is 67.9 Å². The standard InChI is InChI=1S/C20H31N5O2/c1-16-4-3-5-18(17(16)2)24-12-14-25(15-13-24)20(27)19(26)22-8-11-23-9-6-21-7-10-23/h3-5,21H,6-15H2,1-2H3,(H,22,26). The van der Waals surface area contributed by atoms with Gasteiger partial charge in [-0.25, -0.2) is 0 Å². The van der Waals surface area contributed by atoms with Gasteiger partial charge in [0, 0.05) is 71.1 Å². The Labute approximate surface area is 161 Å². The van der Waals surface area contributed by atoms with Gasteiger partial charge >= 0.3 is 11.8 Å². The first-order valence-corrected chi connectivity index (χ1v) is 9.87. The molecule has 1 aromatic rings. The molecule has 3 rings (SSSR count). The van der Waals surface area contributed by atoms with Crippen molar-refractivity contribution in [1.29, 1.82) is 0 Å². The molecule has 0 radical (unpaired) electrons. The molecule has 2 fully saturated rings. The predicted octanol–water partition coefficient (Wildman–Crippen LogP) is -0.0266. The van der Waals surface area contributed by atoms with Gasteiger partial charge in [-0.3, -0.25) is 14.5 Å². The molecule has 7 nitrogen and oxygen atoms in total. The van der Waals surface area contributed by atoms with Crippen LogP contribution in [0.3, 0.4) is 0 Å². The third-order valence-electron chi connectivity index (χ3n) is 5.60. The minimum atomic E-state index is -0.481. The van der Waals surface area contributed by atoms with E-state index >= 15 is 0 Å². The first kappa shape index (κ1) is 19.6. The fraction of sp³-hybridized carbons (Fsp3) is 0.600. The fourth-order valence-electron chi connectivity index (χ4n) is 3.71. The van der Waals surface area contributed by atoms with Gasteiger partial charge in [0.2, 0.25) is 0 Å². The van der Waals surface area contributed by atoms with E-state index in [4.69, 9.17) is 0 Å². The number of carbonyl (C=O) groups is 2. The number of nitrogens with one attached hydrogen (secondary N) is 2. The lowest BCUT2D eigenvalue weighted by Gasteiger charge is -2.36. The molecule has 27 heavy (non-hydrogen) atoms. The van der Waals surface area contributed by atoms with Crippen molar-refractivity contribution in [3.05, 3.63) is 29.3 Å². The van der Waals surface area contributed by atoms with Gasteiger partial charge in [0.25, 0.3) is 0 Å². The Morgan fingerprint density at radius 2 is 1.74 bits per heavy atom. The lowest BCUT2D eigenvalue weighted by atomic mass is 10.1. The van der Waals surface area contributed by atoms with Crippen LogP contribution in [-0.2, 0) is 9.59 Å². The van der Waals surface area contributed by atoms with E-state index in [1.165, 1.54) is 16.8 Å². The number of hydrogen-bond donors (Lipinski definition) is 2. The predicted molar refractivity (Wildman–Crippen MR) is 107 cm³/mol. The summed E-state index contributed by atoms with van der Waals surface area (Å²) in [5.41, 5.74) is 3.78. The quantitative estimate of drug-likeness (QED) is 0.726. The van der Waals surface area contributed by atoms with Gasteiger partial charge in [0.05, 0.1) is 0 Å². The average molecular weight is 374 g/mol. The van der Waals surface area contributed by atoms with Crippen molar-refractivity contribution in [3.8, 4) is 0 Å². The van der Waals surface area contributed by atoms with Crippen LogP contribution >= 0.6 is 0 Å². The first-order valence-electron chi connectivity index (χ1n) is 9.87. The van der Waals surface area contributed by atoms with E-state index < -0.39 is 11.8 Å². The van der Waals surface area contributed by atoms with E-state index in [1.807, 2.05) is 0 Å². The maximum atomic E-state index is 12.4. The van der Waals surface area contributed by atoms with Crippen LogP contribution in [0.1, 0.15) is 11.1 Å². The average Bonchev–Trinajstić information content (AvgIpc) is 2.70. The van der Waals surface area contributed by atoms with Gasteiger partial charge in [-0.15, -0.1) is 0 Å². The Balaban J connectivity index is 1.43. The van der Waals surface area contributed by atoms with Crippen LogP contribution < -0.4 is 15.5 Å². The first-order chi connectivity index (χ1) is 13.1. The van der Waals surface area contributed by atoms with Crippen molar-refractivity contribution < 1.29 is 9.59 Å². The van der Waals surface area contributed by atoms with Gasteiger partial charge in [0.15, 0.2) is 0 Å². The number of aryl methyl sites for hydroxylation is 1. The van der Waals surface area contributed by atoms with E-state index in [1.54, 1.807) is 4.90 Å². The summed E-state index contributed by atoms with van der Waals surface area (Å²) in [6.07, 6.45) is 0. The van der Waals surface area contributed by atoms with Crippen LogP contribution in [0.4, 0.5) is 5.69 Å². The van der Waals surface area contributed by atoms with Crippen LogP contribution in [0.15, 0.2) is 18.2 Å². The van der Waals surface area contributed by atoms with Crippen molar-refractivity contribution in [3.63, 3.8) is 0 Å². The maximum absolute atomic E-state index is 12.4. The Morgan fingerprint density at radius 1 is 1.04 bits per heavy atom. The lowest BCUT2D eigenvalue weighted by molar-refractivity contribution is -0.146. The molecular weight excluding hydrogens is 342 g/mol. The molecule has 1 aromatic carbocycles. The molecule has 2 aliphatic rings. The van der Waals surface area contributed by atoms with Crippen molar-refractivity contribution in [2.75, 3.05) is 70.3 Å². The summed E-state index contributed by atoms with van der Waals surface area (Å²) < 4.78 is 0. The monoisotopic (exact) mass is 373 g/mol. The highest BCUT2D eigenvalue weighted by molar-refractivity contribution is 6.35. The number of piperazine rings is 2. The summed E-state index contributed by atoms with van der Waals surface area (Å²) in [7, 11) is 0. The van der Waals surface area contributed by atoms with Gasteiger partial charge in [-0.05, 0) is 31.0 Å². The SMILES string of the molecule is Cc1cccc(N2CCN(C(=O)C(=O)NCCN3CCNCC3)CC2)c1C. The normalized spacial score (nSPS) is 18.4. The molecule has 0 aromatic heterocycles. The van der Waals surface area contributed by atoms with E-state index in [0.29, 0.717) is 19.6 Å². The van der Waals surface area contributed by atoms with Crippen LogP contribution in [0.25, 0.3) is 0 Å². The molecule has 2 heterocycles. The van der Waals surface area contributed by atoms with E-state index in [9.17, 15) is 9.59 Å². The van der Waals surface area contributed by atoms with Crippen molar-refractivity contribution in [2.24, 2.45) is 0 Å². The molecule has 0 saturated carbocycles. The largest absolute Gasteiger partial charge is 0.368 e. The van der Waals surface area contributed by atoms with Crippen LogP contribution in [0, 0.1) is 13.8 Å². The fourth-order valence-corrected chi connectivity index (χ4v) is 3.71. The number of benzene rings is 1. The number of nitrogens with zero attached hydrogens (tertiary/aromatic N) is 3. The molecule has 2 aliphatic heterocycles. The second kappa shape index (κ2) is 9.19. The van der Waals surface area contributed by atoms with E-state index in [2.05, 4.69) is 52.5 Å². The summed E-state index contributed by atoms with van der Waals surface area (Å²) in [5.74, 6) is -0.888. The zero-order chi connectivity index (χ0) is 19.2. The van der Waals surface area contributed by atoms with Gasteiger partial charge < -0.3 is 20.4 Å². The molecule has 7 heteroatoms. The smallest absolute Gasteiger partial charge is 0.312 e. The molecule has 2 N–H and O–H groups in total. The molecule has 2 saturated heterocycles. The summed E-state index contributed by atoms with van der Waals surface area (Å²) >= 11 is 0. The van der Waals surface area contributed by atoms with Crippen LogP contribution in [-0.4, -0.2) is 87.1 Å². The molecule has 0 bridgehead atoms. The molecule has 0 atom stereocenters. The molecule has 0 spiro atoms. The highest BCUT2D eigenvalue weighted by Crippen LogP contribution is 2.23. The highest BCUT2D eigenvalue weighted by atomic mass is 16.2. The Bertz CT molecular complexity index is 664. The summed E-state index contributed by atoms with van der Waals surface area (Å²) in [6.45, 7) is 12.2. The van der Waals surface area contributed by atoms with Crippen LogP contribution in [0.2, 0.25) is 0 Å². The van der Waals surface area contributed by atoms with Gasteiger partial charge in [-0.2, -0.15) is 0 Å². The summed E-state index contributed by atoms with van der Waals surface area (Å²) in [5, 5.41) is 6.08. The van der Waals surface area contributed by atoms with Gasteiger partial charge in [-0.1, -0.05) is 12.1 Å². The lowest BCUT2D eigenvalue weighted by Crippen LogP contribution is -2.53. The molecule has 2 amide bonds. The highest BCUT2D eigenvalue weighted by Gasteiger charge is 2.26. The van der Waals surface area contributed by atoms with E-state index in [-0.39, 0.29) is 0 Å². The van der Waals surface area contributed by atoms with Crippen molar-refractivity contribution >= 4 is 17.5 Å². The van der Waals surface area contributed by atoms with Crippen LogP contribution in [0.5, 0.6) is 0 Å². The number of hydrogen-bond acceptors (Lipinski definition) is 5. The van der Waals surface area contributed by atoms with Crippen molar-refractivity contribution in [1.82, 2.24) is 20.4 Å². The molecular formula is C20H31N5O2. The molecule has 148 valence electrons. The number of amides is 2. The number of carbonyl (C=O) groups excluding carboxylic acids is 2. The molecule has 0 aliphatic carbocycles. The third-order valence-corrected chi connectivity index (χ3v) is 5.60. The number of rotatable bonds is 4. The zero-order valence-electron chi connectivity index (χ0n) is 16.5. The maximum Gasteiger partial charge on any atom is 0.312 e. The third kappa shape index (κ3) is 4.99. The van der Waals surface area contributed by atoms with Crippen molar-refractivity contribution in [2.45, 2.75) is 13.8 Å². The molecule has 0 unspecified atom stereocenters. The Morgan fingerprint density at radius 3 is 2.44 bits per heavy atom. The summed E-state index contributed by atoms with van der Waals surface area (Å²) in [4.78, 5) is 30.9. The Hall–Kier alpha value is -2.12. The van der Waals surface area contributed by atoms with E-state index in [0.717, 1.165) is 45.8 Å². The second-order valence-electron chi connectivity index (χ2n) is 7.35. The minimum absolute atomic E-state index is 0.407. The number of anilines is 1. The minimum Gasteiger partial charge on any atom is -0.368 e. The zero-order valence-corrected chi connectivity index (χ0v) is 16.5. The van der Waals surface area contributed by atoms with Gasteiger partial charge in [0.1, 0.15) is 0 Å². The Kier molecular flexibility index (Phi) is 6.68.